The molecule has 1 aliphatic heterocycles. The van der Waals surface area contributed by atoms with Gasteiger partial charge in [-0.3, -0.25) is 9.59 Å². The molecule has 0 amide bonds. The molecule has 0 spiro atoms. The predicted octanol–water partition coefficient (Wildman–Crippen LogP) is 2.37. The number of hydrogen-bond donors (Lipinski definition) is 2. The van der Waals surface area contributed by atoms with E-state index < -0.39 is 76.3 Å². The minimum atomic E-state index is -2.24. The van der Waals surface area contributed by atoms with E-state index in [1.54, 1.807) is 20.8 Å². The highest BCUT2D eigenvalue weighted by molar-refractivity contribution is 6.01. The Hall–Kier alpha value is -1.48. The van der Waals surface area contributed by atoms with Gasteiger partial charge in [0, 0.05) is 16.7 Å². The molecule has 176 valence electrons. The average Bonchev–Trinajstić information content (AvgIpc) is 3.11. The summed E-state index contributed by atoms with van der Waals surface area (Å²) in [6, 6.07) is 0. The predicted molar refractivity (Wildman–Crippen MR) is 109 cm³/mol. The number of ketones is 2. The van der Waals surface area contributed by atoms with Crippen molar-refractivity contribution in [1.82, 2.24) is 0 Å². The normalized spacial score (nSPS) is 53.2. The van der Waals surface area contributed by atoms with Crippen LogP contribution in [0.25, 0.3) is 0 Å². The first kappa shape index (κ1) is 22.3. The van der Waals surface area contributed by atoms with Crippen LogP contribution in [-0.4, -0.2) is 63.8 Å². The number of aliphatic hydroxyl groups is 2. The van der Waals surface area contributed by atoms with Crippen molar-refractivity contribution in [3.8, 4) is 0 Å². The smallest absolute Gasteiger partial charge is 0.193 e. The first-order valence-corrected chi connectivity index (χ1v) is 11.3. The van der Waals surface area contributed by atoms with Gasteiger partial charge in [0.2, 0.25) is 0 Å². The minimum absolute atomic E-state index is 0.0550. The first-order valence-electron chi connectivity index (χ1n) is 11.3. The Labute approximate surface area is 185 Å². The molecule has 6 nitrogen and oxygen atoms in total. The van der Waals surface area contributed by atoms with Gasteiger partial charge < -0.3 is 19.7 Å². The zero-order valence-electron chi connectivity index (χ0n) is 18.7. The highest BCUT2D eigenvalue weighted by Gasteiger charge is 2.80. The van der Waals surface area contributed by atoms with E-state index in [1.807, 2.05) is 0 Å². The molecule has 4 fully saturated rings. The maximum absolute atomic E-state index is 17.1. The standard InChI is InChI=1S/C24H30F2O6/c1-20(2)31-19-9-13-14-8-16(25)15-7-12(28)5-6-21(15,3)23(14,26)17(29)10-22(13,4)24(19,32-20)18(30)11-27/h5-7,13-14,16-17,19,27,29H,8-11H2,1-4H3/t13?,14?,16-,17-,19+,21-,22-,23-,24+/m0/s1. The molecule has 4 aliphatic carbocycles. The fraction of sp³-hybridized carbons (Fsp3) is 0.750. The van der Waals surface area contributed by atoms with Crippen molar-refractivity contribution in [2.24, 2.45) is 22.7 Å². The lowest BCUT2D eigenvalue weighted by atomic mass is 9.44. The second-order valence-electron chi connectivity index (χ2n) is 11.0. The van der Waals surface area contributed by atoms with Gasteiger partial charge in [-0.2, -0.15) is 0 Å². The van der Waals surface area contributed by atoms with Crippen LogP contribution in [0, 0.1) is 22.7 Å². The van der Waals surface area contributed by atoms with Crippen LogP contribution in [0.3, 0.4) is 0 Å². The molecule has 5 aliphatic rings. The topological polar surface area (TPSA) is 93.1 Å². The Bertz CT molecular complexity index is 960. The van der Waals surface area contributed by atoms with E-state index >= 15 is 8.78 Å². The lowest BCUT2D eigenvalue weighted by Crippen LogP contribution is -2.71. The van der Waals surface area contributed by atoms with Crippen LogP contribution in [0.4, 0.5) is 8.78 Å². The summed E-state index contributed by atoms with van der Waals surface area (Å²) in [5, 5.41) is 21.1. The van der Waals surface area contributed by atoms with Crippen molar-refractivity contribution in [3.05, 3.63) is 23.8 Å². The highest BCUT2D eigenvalue weighted by atomic mass is 19.1. The van der Waals surface area contributed by atoms with Crippen LogP contribution in [0.5, 0.6) is 0 Å². The summed E-state index contributed by atoms with van der Waals surface area (Å²) < 4.78 is 44.8. The summed E-state index contributed by atoms with van der Waals surface area (Å²) in [7, 11) is 0. The van der Waals surface area contributed by atoms with Crippen molar-refractivity contribution < 1.29 is 38.1 Å². The number of Topliss-reactive ketones (excluding diaryl/α,β-unsaturated/α-hetero) is 1. The molecular weight excluding hydrogens is 422 g/mol. The van der Waals surface area contributed by atoms with Gasteiger partial charge in [-0.1, -0.05) is 13.0 Å². The molecule has 0 aromatic carbocycles. The van der Waals surface area contributed by atoms with Crippen LogP contribution in [0.2, 0.25) is 0 Å². The van der Waals surface area contributed by atoms with Crippen molar-refractivity contribution in [2.45, 2.75) is 82.4 Å². The minimum Gasteiger partial charge on any atom is -0.390 e. The monoisotopic (exact) mass is 452 g/mol. The van der Waals surface area contributed by atoms with Gasteiger partial charge in [-0.05, 0) is 63.7 Å². The van der Waals surface area contributed by atoms with Crippen LogP contribution < -0.4 is 0 Å². The molecule has 2 N–H and O–H groups in total. The largest absolute Gasteiger partial charge is 0.390 e. The molecule has 1 heterocycles. The van der Waals surface area contributed by atoms with Gasteiger partial charge in [0.15, 0.2) is 28.6 Å². The number of carbonyl (C=O) groups excluding carboxylic acids is 2. The lowest BCUT2D eigenvalue weighted by Gasteiger charge is -2.63. The van der Waals surface area contributed by atoms with Crippen molar-refractivity contribution in [2.75, 3.05) is 6.61 Å². The van der Waals surface area contributed by atoms with Crippen LogP contribution in [0.1, 0.15) is 47.0 Å². The van der Waals surface area contributed by atoms with Gasteiger partial charge in [0.05, 0.1) is 12.2 Å². The Kier molecular flexibility index (Phi) is 4.42. The maximum atomic E-state index is 17.1. The SMILES string of the molecule is CC1(C)O[C@@H]2CC3C4C[C@H](F)C5=CC(=O)C=C[C@]5(C)[C@@]4(F)[C@@H](O)C[C@]3(C)[C@]2(C(=O)CO)O1. The summed E-state index contributed by atoms with van der Waals surface area (Å²) >= 11 is 0. The Morgan fingerprint density at radius 2 is 1.91 bits per heavy atom. The lowest BCUT2D eigenvalue weighted by molar-refractivity contribution is -0.248. The Morgan fingerprint density at radius 3 is 2.56 bits per heavy atom. The molecule has 0 bridgehead atoms. The van der Waals surface area contributed by atoms with Crippen LogP contribution in [0.15, 0.2) is 23.8 Å². The number of fused-ring (bicyclic) bond motifs is 7. The fourth-order valence-corrected chi connectivity index (χ4v) is 7.92. The number of halogens is 2. The number of allylic oxidation sites excluding steroid dienone is 4. The van der Waals surface area contributed by atoms with Gasteiger partial charge in [0.1, 0.15) is 12.8 Å². The second-order valence-corrected chi connectivity index (χ2v) is 11.0. The van der Waals surface area contributed by atoms with Gasteiger partial charge in [-0.15, -0.1) is 0 Å². The molecular formula is C24H30F2O6. The van der Waals surface area contributed by atoms with E-state index in [0.717, 1.165) is 6.08 Å². The number of carbonyl (C=O) groups is 2. The zero-order valence-corrected chi connectivity index (χ0v) is 18.7. The number of aliphatic hydroxyl groups excluding tert-OH is 2. The van der Waals surface area contributed by atoms with E-state index in [1.165, 1.54) is 19.1 Å². The molecule has 3 saturated carbocycles. The third-order valence-corrected chi connectivity index (χ3v) is 9.18. The zero-order chi connectivity index (χ0) is 23.5. The number of hydrogen-bond acceptors (Lipinski definition) is 6. The van der Waals surface area contributed by atoms with Crippen molar-refractivity contribution in [3.63, 3.8) is 0 Å². The fourth-order valence-electron chi connectivity index (χ4n) is 7.92. The van der Waals surface area contributed by atoms with E-state index in [0.29, 0.717) is 0 Å². The first-order chi connectivity index (χ1) is 14.8. The third kappa shape index (κ3) is 2.32. The van der Waals surface area contributed by atoms with E-state index in [-0.39, 0.29) is 24.8 Å². The molecule has 1 saturated heterocycles. The Morgan fingerprint density at radius 1 is 1.22 bits per heavy atom. The third-order valence-electron chi connectivity index (χ3n) is 9.18. The Balaban J connectivity index is 1.66. The maximum Gasteiger partial charge on any atom is 0.193 e. The molecule has 0 radical (unpaired) electrons. The summed E-state index contributed by atoms with van der Waals surface area (Å²) in [5.41, 5.74) is -6.30. The number of rotatable bonds is 2. The average molecular weight is 452 g/mol. The summed E-state index contributed by atoms with van der Waals surface area (Å²) in [5.74, 6) is -3.53. The highest BCUT2D eigenvalue weighted by Crippen LogP contribution is 2.72. The molecule has 32 heavy (non-hydrogen) atoms. The van der Waals surface area contributed by atoms with Gasteiger partial charge in [-0.25, -0.2) is 8.78 Å². The van der Waals surface area contributed by atoms with Gasteiger partial charge in [0.25, 0.3) is 0 Å². The van der Waals surface area contributed by atoms with Crippen LogP contribution >= 0.6 is 0 Å². The number of alkyl halides is 2. The van der Waals surface area contributed by atoms with Crippen LogP contribution in [-0.2, 0) is 19.1 Å². The molecule has 9 atom stereocenters. The second kappa shape index (κ2) is 6.34. The van der Waals surface area contributed by atoms with E-state index in [9.17, 15) is 19.8 Å². The van der Waals surface area contributed by atoms with E-state index in [4.69, 9.17) is 9.47 Å². The quantitative estimate of drug-likeness (QED) is 0.668. The molecule has 5 rings (SSSR count). The summed E-state index contributed by atoms with van der Waals surface area (Å²) in [6.07, 6.45) is -0.151. The van der Waals surface area contributed by atoms with E-state index in [2.05, 4.69) is 0 Å². The van der Waals surface area contributed by atoms with Crippen molar-refractivity contribution in [1.29, 1.82) is 0 Å². The molecule has 8 heteroatoms. The molecule has 0 aromatic rings. The molecule has 2 unspecified atom stereocenters. The number of ether oxygens (including phenoxy) is 2. The van der Waals surface area contributed by atoms with Gasteiger partial charge >= 0.3 is 0 Å². The summed E-state index contributed by atoms with van der Waals surface area (Å²) in [4.78, 5) is 25.1. The summed E-state index contributed by atoms with van der Waals surface area (Å²) in [6.45, 7) is 5.87. The van der Waals surface area contributed by atoms with Crippen molar-refractivity contribution >= 4 is 11.6 Å². The molecule has 0 aromatic heterocycles.